The standard InChI is InChI=1S/C23H18ClNO2/c1-27-22-21(17-10-6-3-7-11-17)19-14-18(24)12-13-20(19)25(23(22)26)15-16-8-4-2-5-9-16/h2-14H,15H2,1H3. The van der Waals surface area contributed by atoms with Crippen molar-refractivity contribution in [1.29, 1.82) is 0 Å². The predicted molar refractivity (Wildman–Crippen MR) is 111 cm³/mol. The van der Waals surface area contributed by atoms with Gasteiger partial charge in [-0.05, 0) is 29.3 Å². The van der Waals surface area contributed by atoms with E-state index >= 15 is 0 Å². The molecule has 0 fully saturated rings. The van der Waals surface area contributed by atoms with Gasteiger partial charge in [-0.15, -0.1) is 0 Å². The highest BCUT2D eigenvalue weighted by Crippen LogP contribution is 2.36. The monoisotopic (exact) mass is 375 g/mol. The zero-order valence-electron chi connectivity index (χ0n) is 14.9. The molecule has 4 heteroatoms. The van der Waals surface area contributed by atoms with Gasteiger partial charge in [-0.1, -0.05) is 72.3 Å². The Bertz CT molecular complexity index is 1150. The first kappa shape index (κ1) is 17.4. The number of methoxy groups -OCH3 is 1. The molecule has 0 atom stereocenters. The van der Waals surface area contributed by atoms with Gasteiger partial charge in [-0.3, -0.25) is 4.79 Å². The summed E-state index contributed by atoms with van der Waals surface area (Å²) in [6.07, 6.45) is 0. The van der Waals surface area contributed by atoms with Gasteiger partial charge in [0.1, 0.15) is 0 Å². The van der Waals surface area contributed by atoms with E-state index in [1.807, 2.05) is 78.9 Å². The molecular weight excluding hydrogens is 358 g/mol. The molecule has 1 aromatic heterocycles. The Hall–Kier alpha value is -3.04. The van der Waals surface area contributed by atoms with Gasteiger partial charge in [0.25, 0.3) is 5.56 Å². The first-order valence-electron chi connectivity index (χ1n) is 8.68. The topological polar surface area (TPSA) is 31.2 Å². The van der Waals surface area contributed by atoms with Crippen LogP contribution in [0, 0.1) is 0 Å². The highest BCUT2D eigenvalue weighted by molar-refractivity contribution is 6.31. The second kappa shape index (κ2) is 7.29. The molecule has 134 valence electrons. The van der Waals surface area contributed by atoms with Gasteiger partial charge in [0.05, 0.1) is 19.2 Å². The second-order valence-electron chi connectivity index (χ2n) is 6.31. The van der Waals surface area contributed by atoms with E-state index < -0.39 is 0 Å². The Morgan fingerprint density at radius 3 is 2.26 bits per heavy atom. The molecule has 0 aliphatic carbocycles. The summed E-state index contributed by atoms with van der Waals surface area (Å²) < 4.78 is 7.32. The molecule has 27 heavy (non-hydrogen) atoms. The Kier molecular flexibility index (Phi) is 4.69. The van der Waals surface area contributed by atoms with Crippen molar-refractivity contribution in [2.45, 2.75) is 6.54 Å². The van der Waals surface area contributed by atoms with Crippen LogP contribution in [0.25, 0.3) is 22.0 Å². The first-order valence-corrected chi connectivity index (χ1v) is 9.06. The van der Waals surface area contributed by atoms with Crippen molar-refractivity contribution in [3.8, 4) is 16.9 Å². The quantitative estimate of drug-likeness (QED) is 0.479. The Morgan fingerprint density at radius 2 is 1.59 bits per heavy atom. The third-order valence-corrected chi connectivity index (χ3v) is 4.87. The molecule has 0 radical (unpaired) electrons. The van der Waals surface area contributed by atoms with E-state index in [9.17, 15) is 4.79 Å². The lowest BCUT2D eigenvalue weighted by Gasteiger charge is -2.18. The molecule has 0 aliphatic heterocycles. The maximum Gasteiger partial charge on any atom is 0.294 e. The number of ether oxygens (including phenoxy) is 1. The fraction of sp³-hybridized carbons (Fsp3) is 0.0870. The van der Waals surface area contributed by atoms with Crippen LogP contribution in [0.5, 0.6) is 5.75 Å². The first-order chi connectivity index (χ1) is 13.2. The van der Waals surface area contributed by atoms with Crippen LogP contribution in [-0.4, -0.2) is 11.7 Å². The van der Waals surface area contributed by atoms with Crippen molar-refractivity contribution >= 4 is 22.5 Å². The minimum absolute atomic E-state index is 0.157. The van der Waals surface area contributed by atoms with Crippen molar-refractivity contribution in [3.63, 3.8) is 0 Å². The van der Waals surface area contributed by atoms with Crippen LogP contribution in [0.15, 0.2) is 83.7 Å². The van der Waals surface area contributed by atoms with E-state index in [4.69, 9.17) is 16.3 Å². The zero-order valence-corrected chi connectivity index (χ0v) is 15.6. The molecule has 0 saturated carbocycles. The maximum absolute atomic E-state index is 13.3. The third kappa shape index (κ3) is 3.22. The van der Waals surface area contributed by atoms with E-state index in [0.717, 1.165) is 27.6 Å². The molecule has 0 spiro atoms. The molecule has 1 heterocycles. The number of fused-ring (bicyclic) bond motifs is 1. The summed E-state index contributed by atoms with van der Waals surface area (Å²) >= 11 is 6.30. The van der Waals surface area contributed by atoms with Gasteiger partial charge in [0, 0.05) is 16.0 Å². The molecule has 0 unspecified atom stereocenters. The average Bonchev–Trinajstić information content (AvgIpc) is 2.71. The van der Waals surface area contributed by atoms with Crippen LogP contribution < -0.4 is 10.3 Å². The van der Waals surface area contributed by atoms with Gasteiger partial charge < -0.3 is 9.30 Å². The molecule has 4 rings (SSSR count). The number of benzene rings is 3. The number of pyridine rings is 1. The molecule has 4 aromatic rings. The Balaban J connectivity index is 2.07. The van der Waals surface area contributed by atoms with E-state index in [1.165, 1.54) is 7.11 Å². The summed E-state index contributed by atoms with van der Waals surface area (Å²) in [7, 11) is 1.53. The molecule has 0 saturated heterocycles. The summed E-state index contributed by atoms with van der Waals surface area (Å²) in [6, 6.07) is 25.3. The van der Waals surface area contributed by atoms with E-state index in [-0.39, 0.29) is 5.56 Å². The lowest BCUT2D eigenvalue weighted by molar-refractivity contribution is 0.407. The number of halogens is 1. The summed E-state index contributed by atoms with van der Waals surface area (Å²) in [5, 5.41) is 1.51. The predicted octanol–water partition coefficient (Wildman–Crippen LogP) is 5.38. The van der Waals surface area contributed by atoms with E-state index in [1.54, 1.807) is 4.57 Å². The highest BCUT2D eigenvalue weighted by atomic mass is 35.5. The fourth-order valence-corrected chi connectivity index (χ4v) is 3.58. The minimum Gasteiger partial charge on any atom is -0.491 e. The van der Waals surface area contributed by atoms with Gasteiger partial charge in [-0.25, -0.2) is 0 Å². The molecular formula is C23H18ClNO2. The van der Waals surface area contributed by atoms with Gasteiger partial charge >= 0.3 is 0 Å². The SMILES string of the molecule is COc1c(-c2ccccc2)c2cc(Cl)ccc2n(Cc2ccccc2)c1=O. The van der Waals surface area contributed by atoms with Gasteiger partial charge in [-0.2, -0.15) is 0 Å². The number of hydrogen-bond acceptors (Lipinski definition) is 2. The molecule has 3 aromatic carbocycles. The molecule has 0 bridgehead atoms. The van der Waals surface area contributed by atoms with Crippen LogP contribution in [0.4, 0.5) is 0 Å². The lowest BCUT2D eigenvalue weighted by atomic mass is 9.99. The maximum atomic E-state index is 13.3. The van der Waals surface area contributed by atoms with Gasteiger partial charge in [0.15, 0.2) is 5.75 Å². The van der Waals surface area contributed by atoms with Crippen molar-refractivity contribution < 1.29 is 4.74 Å². The zero-order chi connectivity index (χ0) is 18.8. The largest absolute Gasteiger partial charge is 0.491 e. The Labute approximate surface area is 162 Å². The molecule has 3 nitrogen and oxygen atoms in total. The van der Waals surface area contributed by atoms with Crippen LogP contribution in [0.1, 0.15) is 5.56 Å². The van der Waals surface area contributed by atoms with Crippen molar-refractivity contribution in [2.24, 2.45) is 0 Å². The molecule has 0 N–H and O–H groups in total. The number of aromatic nitrogens is 1. The van der Waals surface area contributed by atoms with E-state index in [0.29, 0.717) is 17.3 Å². The number of nitrogens with zero attached hydrogens (tertiary/aromatic N) is 1. The third-order valence-electron chi connectivity index (χ3n) is 4.64. The van der Waals surface area contributed by atoms with Crippen LogP contribution in [0.3, 0.4) is 0 Å². The smallest absolute Gasteiger partial charge is 0.294 e. The van der Waals surface area contributed by atoms with Crippen molar-refractivity contribution in [2.75, 3.05) is 7.11 Å². The fourth-order valence-electron chi connectivity index (χ4n) is 3.41. The molecule has 0 amide bonds. The van der Waals surface area contributed by atoms with Crippen LogP contribution >= 0.6 is 11.6 Å². The average molecular weight is 376 g/mol. The Morgan fingerprint density at radius 1 is 0.926 bits per heavy atom. The normalized spacial score (nSPS) is 10.9. The molecule has 0 aliphatic rings. The highest BCUT2D eigenvalue weighted by Gasteiger charge is 2.19. The van der Waals surface area contributed by atoms with Gasteiger partial charge in [0.2, 0.25) is 0 Å². The van der Waals surface area contributed by atoms with Crippen LogP contribution in [0.2, 0.25) is 5.02 Å². The number of hydrogen-bond donors (Lipinski definition) is 0. The van der Waals surface area contributed by atoms with Crippen molar-refractivity contribution in [1.82, 2.24) is 4.57 Å². The summed E-state index contributed by atoms with van der Waals surface area (Å²) in [5.74, 6) is 0.326. The minimum atomic E-state index is -0.157. The summed E-state index contributed by atoms with van der Waals surface area (Å²) in [4.78, 5) is 13.3. The van der Waals surface area contributed by atoms with Crippen molar-refractivity contribution in [3.05, 3.63) is 99.8 Å². The van der Waals surface area contributed by atoms with E-state index in [2.05, 4.69) is 0 Å². The number of rotatable bonds is 4. The summed E-state index contributed by atoms with van der Waals surface area (Å²) in [5.41, 5.74) is 3.41. The van der Waals surface area contributed by atoms with Crippen LogP contribution in [-0.2, 0) is 6.54 Å². The summed E-state index contributed by atoms with van der Waals surface area (Å²) in [6.45, 7) is 0.462. The lowest BCUT2D eigenvalue weighted by Crippen LogP contribution is -2.23. The second-order valence-corrected chi connectivity index (χ2v) is 6.75.